The van der Waals surface area contributed by atoms with Crippen molar-refractivity contribution in [2.75, 3.05) is 0 Å². The Kier molecular flexibility index (Phi) is 14.1. The van der Waals surface area contributed by atoms with E-state index in [4.69, 9.17) is 27.8 Å². The third kappa shape index (κ3) is 11.9. The second-order valence-electron chi connectivity index (χ2n) is 17.7. The van der Waals surface area contributed by atoms with E-state index < -0.39 is 85.8 Å². The summed E-state index contributed by atoms with van der Waals surface area (Å²) in [6, 6.07) is 2.03. The number of allylic oxidation sites excluding steroid dienone is 2. The summed E-state index contributed by atoms with van der Waals surface area (Å²) in [5, 5.41) is -0.414. The molecule has 11 nitrogen and oxygen atoms in total. The molecule has 2 rings (SSSR count). The maximum atomic E-state index is 15.6. The molecule has 2 atom stereocenters. The van der Waals surface area contributed by atoms with Gasteiger partial charge in [-0.1, -0.05) is 65.2 Å². The molecule has 13 heteroatoms. The molecule has 294 valence electrons. The van der Waals surface area contributed by atoms with Crippen LogP contribution in [0.4, 0.5) is 14.4 Å². The molecule has 0 aromatic rings. The molecule has 2 aliphatic rings. The molecule has 0 saturated carbocycles. The van der Waals surface area contributed by atoms with Crippen LogP contribution in [0, 0.1) is 23.7 Å². The highest BCUT2D eigenvalue weighted by atomic mass is 28.4. The number of rotatable bonds is 9. The fourth-order valence-electron chi connectivity index (χ4n) is 5.06. The number of amides is 2. The minimum absolute atomic E-state index is 0.272. The van der Waals surface area contributed by atoms with Gasteiger partial charge in [0.1, 0.15) is 28.6 Å². The lowest BCUT2D eigenvalue weighted by Crippen LogP contribution is -2.57. The Hall–Kier alpha value is -3.63. The number of hydrogen-bond acceptors (Lipinski definition) is 10. The molecular formula is C40H61NO10Si2. The van der Waals surface area contributed by atoms with Crippen molar-refractivity contribution in [2.45, 2.75) is 169 Å². The number of carbonyl (C=O) groups is 4. The van der Waals surface area contributed by atoms with Gasteiger partial charge in [-0.15, -0.1) is 0 Å². The van der Waals surface area contributed by atoms with Crippen LogP contribution in [0.3, 0.4) is 0 Å². The summed E-state index contributed by atoms with van der Waals surface area (Å²) in [5.74, 6) is 10.7. The summed E-state index contributed by atoms with van der Waals surface area (Å²) < 4.78 is 36.9. The Balaban J connectivity index is 3.36. The molecule has 2 amide bonds. The summed E-state index contributed by atoms with van der Waals surface area (Å²) in [4.78, 5) is 58.4. The molecule has 0 aromatic carbocycles. The summed E-state index contributed by atoms with van der Waals surface area (Å²) >= 11 is 0. The van der Waals surface area contributed by atoms with Crippen molar-refractivity contribution in [1.29, 1.82) is 0 Å². The van der Waals surface area contributed by atoms with Crippen molar-refractivity contribution in [3.05, 3.63) is 35.3 Å². The van der Waals surface area contributed by atoms with E-state index in [0.29, 0.717) is 23.0 Å². The largest absolute Gasteiger partial charge is 0.514 e. The van der Waals surface area contributed by atoms with Gasteiger partial charge in [-0.05, 0) is 111 Å². The summed E-state index contributed by atoms with van der Waals surface area (Å²) in [6.45, 7) is 30.7. The zero-order chi connectivity index (χ0) is 41.0. The fraction of sp³-hybridized carbons (Fsp3) is 0.650. The topological polar surface area (TPSA) is 127 Å². The molecular weight excluding hydrogens is 711 g/mol. The Morgan fingerprint density at radius 2 is 1.25 bits per heavy atom. The van der Waals surface area contributed by atoms with Crippen molar-refractivity contribution in [3.63, 3.8) is 0 Å². The third-order valence-corrected chi connectivity index (χ3v) is 17.9. The number of nitrogens with zero attached hydrogens (tertiary/aromatic N) is 1. The maximum absolute atomic E-state index is 15.6. The van der Waals surface area contributed by atoms with Gasteiger partial charge in [0.15, 0.2) is 22.4 Å². The van der Waals surface area contributed by atoms with Crippen LogP contribution < -0.4 is 0 Å². The number of ketones is 1. The van der Waals surface area contributed by atoms with E-state index in [1.807, 2.05) is 54.6 Å². The van der Waals surface area contributed by atoms with Crippen LogP contribution >= 0.6 is 0 Å². The van der Waals surface area contributed by atoms with Crippen molar-refractivity contribution in [2.24, 2.45) is 0 Å². The van der Waals surface area contributed by atoms with Crippen LogP contribution in [0.15, 0.2) is 35.3 Å². The van der Waals surface area contributed by atoms with Gasteiger partial charge in [0.05, 0.1) is 5.57 Å². The smallest absolute Gasteiger partial charge is 0.443 e. The minimum Gasteiger partial charge on any atom is -0.443 e. The van der Waals surface area contributed by atoms with Crippen LogP contribution in [0.25, 0.3) is 0 Å². The van der Waals surface area contributed by atoms with E-state index in [1.54, 1.807) is 62.3 Å². The lowest BCUT2D eigenvalue weighted by atomic mass is 9.83. The van der Waals surface area contributed by atoms with Gasteiger partial charge in [-0.25, -0.2) is 14.4 Å². The van der Waals surface area contributed by atoms with Gasteiger partial charge >= 0.3 is 18.3 Å². The van der Waals surface area contributed by atoms with E-state index in [9.17, 15) is 14.4 Å². The summed E-state index contributed by atoms with van der Waals surface area (Å²) in [7, 11) is -5.52. The van der Waals surface area contributed by atoms with Gasteiger partial charge in [-0.2, -0.15) is 4.90 Å². The molecule has 53 heavy (non-hydrogen) atoms. The summed E-state index contributed by atoms with van der Waals surface area (Å²) in [5.41, 5.74) is -6.02. The normalized spacial score (nSPS) is 20.1. The van der Waals surface area contributed by atoms with Crippen molar-refractivity contribution in [1.82, 2.24) is 4.90 Å². The van der Waals surface area contributed by atoms with Gasteiger partial charge < -0.3 is 27.8 Å². The molecule has 2 aliphatic carbocycles. The van der Waals surface area contributed by atoms with E-state index in [0.717, 1.165) is 0 Å². The number of carbonyl (C=O) groups excluding carboxylic acids is 4. The average Bonchev–Trinajstić information content (AvgIpc) is 2.95. The second-order valence-corrected chi connectivity index (χ2v) is 27.1. The van der Waals surface area contributed by atoms with Crippen LogP contribution in [0.5, 0.6) is 0 Å². The lowest BCUT2D eigenvalue weighted by Gasteiger charge is -2.44. The number of fused-ring (bicyclic) bond motifs is 2. The SMILES string of the molecule is CC[Si](CC)(CC)O[C@H]1C#C/C=C\C#CC2(O[Si](C)(C)C(C)(C)C)C=C(OC(=O)OC(C)(C)C)C(N(C(=O)OC(C)(C)C)C(=O)OC(C)(C)C)=C1C2=O. The number of Topliss-reactive ketones (excluding diaryl/α,β-unsaturated/α-hetero) is 1. The summed E-state index contributed by atoms with van der Waals surface area (Å²) in [6.07, 6.45) is -0.641. The first-order chi connectivity index (χ1) is 24.0. The van der Waals surface area contributed by atoms with Crippen LogP contribution in [0.2, 0.25) is 36.3 Å². The number of imide groups is 1. The Morgan fingerprint density at radius 3 is 1.68 bits per heavy atom. The van der Waals surface area contributed by atoms with Gasteiger partial charge in [0.2, 0.25) is 11.4 Å². The maximum Gasteiger partial charge on any atom is 0.514 e. The molecule has 0 spiro atoms. The minimum atomic E-state index is -2.90. The van der Waals surface area contributed by atoms with Crippen molar-refractivity contribution < 1.29 is 47.0 Å². The zero-order valence-electron chi connectivity index (χ0n) is 35.0. The van der Waals surface area contributed by atoms with Crippen LogP contribution in [0.1, 0.15) is 104 Å². The highest BCUT2D eigenvalue weighted by Gasteiger charge is 2.55. The van der Waals surface area contributed by atoms with E-state index in [-0.39, 0.29) is 5.57 Å². The molecule has 0 heterocycles. The third-order valence-electron chi connectivity index (χ3n) is 8.87. The first kappa shape index (κ1) is 45.5. The van der Waals surface area contributed by atoms with Crippen molar-refractivity contribution in [3.8, 4) is 23.7 Å². The standard InChI is InChI=1S/C40H61NO10Si2/c1-18-53(19-2,20-3)50-28-25-23-21-22-24-26-40(51-52(16,17)39(13,14)15)27-29(46-35(45)49-38(10,11)12)31(30(28)32(40)42)41(33(43)47-36(4,5)6)34(44)48-37(7,8)9/h21-22,27-28H,18-20H2,1-17H3/b22-21-/t28-,40?/m0/s1. The molecule has 0 fully saturated rings. The average molecular weight is 772 g/mol. The first-order valence-electron chi connectivity index (χ1n) is 18.2. The lowest BCUT2D eigenvalue weighted by molar-refractivity contribution is -0.125. The predicted molar refractivity (Wildman–Crippen MR) is 210 cm³/mol. The number of ether oxygens (including phenoxy) is 4. The Morgan fingerprint density at radius 1 is 0.774 bits per heavy atom. The van der Waals surface area contributed by atoms with Crippen LogP contribution in [-0.4, -0.2) is 74.2 Å². The first-order valence-corrected chi connectivity index (χ1v) is 23.7. The molecule has 0 radical (unpaired) electrons. The van der Waals surface area contributed by atoms with E-state index >= 15 is 4.79 Å². The second kappa shape index (κ2) is 16.4. The highest BCUT2D eigenvalue weighted by molar-refractivity contribution is 6.74. The molecule has 0 aliphatic heterocycles. The van der Waals surface area contributed by atoms with E-state index in [2.05, 4.69) is 23.7 Å². The van der Waals surface area contributed by atoms with Gasteiger partial charge in [0.25, 0.3) is 0 Å². The number of hydrogen-bond donors (Lipinski definition) is 0. The zero-order valence-corrected chi connectivity index (χ0v) is 37.0. The van der Waals surface area contributed by atoms with Gasteiger partial charge in [-0.3, -0.25) is 4.79 Å². The molecule has 0 N–H and O–H groups in total. The van der Waals surface area contributed by atoms with Crippen molar-refractivity contribution >= 4 is 40.8 Å². The van der Waals surface area contributed by atoms with E-state index in [1.165, 1.54) is 18.2 Å². The molecule has 0 aromatic heterocycles. The van der Waals surface area contributed by atoms with Crippen LogP contribution in [-0.2, 0) is 32.6 Å². The van der Waals surface area contributed by atoms with Gasteiger partial charge in [0, 0.05) is 6.08 Å². The fourth-order valence-corrected chi connectivity index (χ4v) is 9.05. The monoisotopic (exact) mass is 771 g/mol. The highest BCUT2D eigenvalue weighted by Crippen LogP contribution is 2.45. The Bertz CT molecular complexity index is 1620. The molecule has 1 unspecified atom stereocenters. The molecule has 0 saturated heterocycles. The molecule has 2 bridgehead atoms. The predicted octanol–water partition coefficient (Wildman–Crippen LogP) is 9.56. The Labute approximate surface area is 319 Å². The quantitative estimate of drug-likeness (QED) is 0.0968.